The fourth-order valence-corrected chi connectivity index (χ4v) is 2.25. The smallest absolute Gasteiger partial charge is 0.398 e. The Kier molecular flexibility index (Phi) is 3.54. The van der Waals surface area contributed by atoms with Gasteiger partial charge in [0.15, 0.2) is 0 Å². The maximum Gasteiger partial charge on any atom is 0.471 e. The highest BCUT2D eigenvalue weighted by atomic mass is 19.4. The summed E-state index contributed by atoms with van der Waals surface area (Å²) in [5, 5.41) is 0. The van der Waals surface area contributed by atoms with Crippen molar-refractivity contribution in [2.75, 3.05) is 12.3 Å². The highest BCUT2D eigenvalue weighted by Crippen LogP contribution is 2.35. The van der Waals surface area contributed by atoms with Gasteiger partial charge < -0.3 is 10.6 Å². The van der Waals surface area contributed by atoms with E-state index >= 15 is 0 Å². The van der Waals surface area contributed by atoms with Gasteiger partial charge in [-0.15, -0.1) is 0 Å². The molecule has 0 aromatic heterocycles. The van der Waals surface area contributed by atoms with Crippen LogP contribution in [-0.4, -0.2) is 23.5 Å². The zero-order valence-electron chi connectivity index (χ0n) is 10.5. The monoisotopic (exact) mass is 312 g/mol. The van der Waals surface area contributed by atoms with E-state index in [4.69, 9.17) is 5.73 Å². The molecule has 0 unspecified atom stereocenters. The lowest BCUT2D eigenvalue weighted by Crippen LogP contribution is -2.43. The lowest BCUT2D eigenvalue weighted by molar-refractivity contribution is -0.186. The van der Waals surface area contributed by atoms with Gasteiger partial charge in [0.25, 0.3) is 0 Å². The second kappa shape index (κ2) is 4.81. The number of rotatable bonds is 0. The van der Waals surface area contributed by atoms with E-state index < -0.39 is 30.4 Å². The summed E-state index contributed by atoms with van der Waals surface area (Å²) in [5.41, 5.74) is 4.70. The van der Waals surface area contributed by atoms with Gasteiger partial charge in [-0.1, -0.05) is 0 Å². The molecular weight excluding hydrogens is 302 g/mol. The molecule has 116 valence electrons. The number of hydrogen-bond donors (Lipinski definition) is 1. The Morgan fingerprint density at radius 3 is 2.29 bits per heavy atom. The molecule has 0 saturated carbocycles. The van der Waals surface area contributed by atoms with Crippen LogP contribution in [0.1, 0.15) is 16.7 Å². The van der Waals surface area contributed by atoms with Gasteiger partial charge in [0.05, 0.1) is 5.56 Å². The summed E-state index contributed by atoms with van der Waals surface area (Å²) < 4.78 is 75.1. The first-order valence-electron chi connectivity index (χ1n) is 5.84. The van der Waals surface area contributed by atoms with Gasteiger partial charge in [0.1, 0.15) is 0 Å². The number of benzene rings is 1. The van der Waals surface area contributed by atoms with Crippen molar-refractivity contribution in [2.24, 2.45) is 0 Å². The number of halogens is 6. The molecule has 0 spiro atoms. The molecule has 0 radical (unpaired) electrons. The predicted octanol–water partition coefficient (Wildman–Crippen LogP) is 2.73. The van der Waals surface area contributed by atoms with Gasteiger partial charge in [-0.2, -0.15) is 26.3 Å². The number of carbonyl (C=O) groups is 1. The van der Waals surface area contributed by atoms with E-state index in [1.165, 1.54) is 0 Å². The Hall–Kier alpha value is -1.93. The highest BCUT2D eigenvalue weighted by Gasteiger charge is 2.43. The van der Waals surface area contributed by atoms with E-state index in [1.54, 1.807) is 0 Å². The average molecular weight is 312 g/mol. The molecule has 1 aromatic carbocycles. The van der Waals surface area contributed by atoms with E-state index in [1.807, 2.05) is 0 Å². The maximum atomic E-state index is 12.7. The molecule has 0 aliphatic carbocycles. The fraction of sp³-hybridized carbons (Fsp3) is 0.417. The SMILES string of the molecule is Nc1cc(C(F)(F)F)cc2c1CCN(C(=O)C(F)(F)F)C2. The molecule has 1 amide bonds. The number of nitrogen functional groups attached to an aromatic ring is 1. The van der Waals surface area contributed by atoms with Crippen LogP contribution in [0, 0.1) is 0 Å². The molecule has 9 heteroatoms. The fourth-order valence-electron chi connectivity index (χ4n) is 2.25. The summed E-state index contributed by atoms with van der Waals surface area (Å²) in [6.45, 7) is -0.775. The number of amides is 1. The number of hydrogen-bond acceptors (Lipinski definition) is 2. The Bertz CT molecular complexity index is 578. The van der Waals surface area contributed by atoms with E-state index in [0.717, 1.165) is 12.1 Å². The largest absolute Gasteiger partial charge is 0.471 e. The third-order valence-corrected chi connectivity index (χ3v) is 3.23. The van der Waals surface area contributed by atoms with Crippen LogP contribution in [0.15, 0.2) is 12.1 Å². The standard InChI is InChI=1S/C12H10F6N2O/c13-11(14,15)7-3-6-5-20(10(21)12(16,17)18)2-1-8(6)9(19)4-7/h3-4H,1-2,5,19H2. The first kappa shape index (κ1) is 15.5. The van der Waals surface area contributed by atoms with Crippen LogP contribution >= 0.6 is 0 Å². The summed E-state index contributed by atoms with van der Waals surface area (Å²) in [4.78, 5) is 11.6. The van der Waals surface area contributed by atoms with Crippen LogP contribution in [0.4, 0.5) is 32.0 Å². The number of fused-ring (bicyclic) bond motifs is 1. The van der Waals surface area contributed by atoms with Crippen LogP contribution in [0.25, 0.3) is 0 Å². The Morgan fingerprint density at radius 2 is 1.76 bits per heavy atom. The average Bonchev–Trinajstić information content (AvgIpc) is 2.35. The molecule has 0 atom stereocenters. The lowest BCUT2D eigenvalue weighted by Gasteiger charge is -2.30. The minimum Gasteiger partial charge on any atom is -0.398 e. The van der Waals surface area contributed by atoms with Crippen molar-refractivity contribution < 1.29 is 31.1 Å². The quantitative estimate of drug-likeness (QED) is 0.591. The number of nitrogens with zero attached hydrogens (tertiary/aromatic N) is 1. The number of alkyl halides is 6. The Balaban J connectivity index is 2.36. The van der Waals surface area contributed by atoms with E-state index in [2.05, 4.69) is 0 Å². The molecule has 1 aliphatic heterocycles. The predicted molar refractivity (Wildman–Crippen MR) is 61.0 cm³/mol. The van der Waals surface area contributed by atoms with E-state index in [9.17, 15) is 31.1 Å². The summed E-state index contributed by atoms with van der Waals surface area (Å²) in [7, 11) is 0. The van der Waals surface area contributed by atoms with Gasteiger partial charge in [-0.25, -0.2) is 0 Å². The van der Waals surface area contributed by atoms with Gasteiger partial charge >= 0.3 is 18.3 Å². The number of carbonyl (C=O) groups excluding carboxylic acids is 1. The molecule has 3 nitrogen and oxygen atoms in total. The molecule has 1 aliphatic rings. The number of anilines is 1. The highest BCUT2D eigenvalue weighted by molar-refractivity contribution is 5.82. The van der Waals surface area contributed by atoms with Gasteiger partial charge in [0.2, 0.25) is 0 Å². The second-order valence-electron chi connectivity index (χ2n) is 4.68. The Morgan fingerprint density at radius 1 is 1.14 bits per heavy atom. The molecule has 0 saturated heterocycles. The second-order valence-corrected chi connectivity index (χ2v) is 4.68. The van der Waals surface area contributed by atoms with Crippen molar-refractivity contribution in [2.45, 2.75) is 25.3 Å². The zero-order chi connectivity index (χ0) is 16.0. The lowest BCUT2D eigenvalue weighted by atomic mass is 9.95. The van der Waals surface area contributed by atoms with Crippen molar-refractivity contribution in [1.82, 2.24) is 4.90 Å². The van der Waals surface area contributed by atoms with Crippen LogP contribution < -0.4 is 5.73 Å². The summed E-state index contributed by atoms with van der Waals surface area (Å²) >= 11 is 0. The van der Waals surface area contributed by atoms with Crippen molar-refractivity contribution in [1.29, 1.82) is 0 Å². The van der Waals surface area contributed by atoms with Gasteiger partial charge in [-0.3, -0.25) is 4.79 Å². The topological polar surface area (TPSA) is 46.3 Å². The van der Waals surface area contributed by atoms with E-state index in [0.29, 0.717) is 10.5 Å². The molecule has 0 bridgehead atoms. The first-order chi connectivity index (χ1) is 9.50. The third-order valence-electron chi connectivity index (χ3n) is 3.23. The van der Waals surface area contributed by atoms with Crippen LogP contribution in [0.5, 0.6) is 0 Å². The molecule has 2 N–H and O–H groups in total. The zero-order valence-corrected chi connectivity index (χ0v) is 10.5. The minimum atomic E-state index is -5.05. The molecule has 21 heavy (non-hydrogen) atoms. The molecule has 1 aromatic rings. The van der Waals surface area contributed by atoms with E-state index in [-0.39, 0.29) is 24.2 Å². The molecule has 2 rings (SSSR count). The van der Waals surface area contributed by atoms with Crippen LogP contribution in [0.3, 0.4) is 0 Å². The van der Waals surface area contributed by atoms with Crippen molar-refractivity contribution in [3.8, 4) is 0 Å². The third kappa shape index (κ3) is 3.06. The minimum absolute atomic E-state index is 0.00817. The van der Waals surface area contributed by atoms with Gasteiger partial charge in [0, 0.05) is 18.8 Å². The Labute approximate surface area is 115 Å². The van der Waals surface area contributed by atoms with Crippen molar-refractivity contribution >= 4 is 11.6 Å². The molecule has 1 heterocycles. The molecular formula is C12H10F6N2O. The van der Waals surface area contributed by atoms with Crippen molar-refractivity contribution in [3.05, 3.63) is 28.8 Å². The summed E-state index contributed by atoms with van der Waals surface area (Å²) in [6.07, 6.45) is -9.72. The maximum absolute atomic E-state index is 12.7. The van der Waals surface area contributed by atoms with Crippen LogP contribution in [-0.2, 0) is 23.9 Å². The summed E-state index contributed by atoms with van der Waals surface area (Å²) in [5.74, 6) is -2.07. The molecule has 0 fully saturated rings. The normalized spacial score (nSPS) is 15.8. The first-order valence-corrected chi connectivity index (χ1v) is 5.84. The summed E-state index contributed by atoms with van der Waals surface area (Å²) in [6, 6.07) is 1.49. The number of nitrogens with two attached hydrogens (primary N) is 1. The van der Waals surface area contributed by atoms with Crippen LogP contribution in [0.2, 0.25) is 0 Å². The van der Waals surface area contributed by atoms with Crippen molar-refractivity contribution in [3.63, 3.8) is 0 Å². The van der Waals surface area contributed by atoms with Gasteiger partial charge in [-0.05, 0) is 29.7 Å².